The van der Waals surface area contributed by atoms with E-state index in [1.165, 1.54) is 5.56 Å². The molecule has 0 saturated carbocycles. The molecule has 104 valence electrons. The van der Waals surface area contributed by atoms with Crippen molar-refractivity contribution >= 4 is 21.9 Å². The molecule has 1 aromatic rings. The van der Waals surface area contributed by atoms with Crippen LogP contribution in [0.3, 0.4) is 0 Å². The summed E-state index contributed by atoms with van der Waals surface area (Å²) in [5, 5.41) is 0. The van der Waals surface area contributed by atoms with E-state index >= 15 is 0 Å². The van der Waals surface area contributed by atoms with Crippen LogP contribution < -0.4 is 10.5 Å². The van der Waals surface area contributed by atoms with Gasteiger partial charge in [0.25, 0.3) is 0 Å². The molecule has 2 N–H and O–H groups in total. The molecule has 2 rings (SSSR count). The molecule has 0 spiro atoms. The van der Waals surface area contributed by atoms with Crippen molar-refractivity contribution in [2.75, 3.05) is 13.7 Å². The summed E-state index contributed by atoms with van der Waals surface area (Å²) in [5.41, 5.74) is 7.22. The summed E-state index contributed by atoms with van der Waals surface area (Å²) in [4.78, 5) is 6.59. The molecule has 0 amide bonds. The molecule has 1 aromatic carbocycles. The second-order valence-electron chi connectivity index (χ2n) is 4.77. The largest absolute Gasteiger partial charge is 0.496 e. The highest BCUT2D eigenvalue weighted by Crippen LogP contribution is 2.33. The molecule has 0 aromatic heterocycles. The first-order valence-electron chi connectivity index (χ1n) is 6.50. The SMILES string of the molecule is CCC(C)N1C(N)=NCC1c1ccc(OC)c(Br)c1. The van der Waals surface area contributed by atoms with E-state index in [1.807, 2.05) is 6.07 Å². The Bertz CT molecular complexity index is 490. The van der Waals surface area contributed by atoms with Gasteiger partial charge in [0.2, 0.25) is 0 Å². The van der Waals surface area contributed by atoms with E-state index in [0.29, 0.717) is 12.0 Å². The molecule has 1 heterocycles. The minimum absolute atomic E-state index is 0.220. The fourth-order valence-corrected chi connectivity index (χ4v) is 2.95. The highest BCUT2D eigenvalue weighted by Gasteiger charge is 2.30. The Morgan fingerprint density at radius 2 is 2.32 bits per heavy atom. The third kappa shape index (κ3) is 2.71. The molecule has 0 fully saturated rings. The van der Waals surface area contributed by atoms with Gasteiger partial charge in [-0.05, 0) is 47.0 Å². The van der Waals surface area contributed by atoms with E-state index in [9.17, 15) is 0 Å². The Hall–Kier alpha value is -1.23. The molecule has 0 radical (unpaired) electrons. The van der Waals surface area contributed by atoms with E-state index in [1.54, 1.807) is 7.11 Å². The van der Waals surface area contributed by atoms with Crippen molar-refractivity contribution in [1.29, 1.82) is 0 Å². The van der Waals surface area contributed by atoms with Crippen molar-refractivity contribution < 1.29 is 4.74 Å². The number of nitrogens with two attached hydrogens (primary N) is 1. The molecular weight excluding hydrogens is 306 g/mol. The van der Waals surface area contributed by atoms with Crippen molar-refractivity contribution in [1.82, 2.24) is 4.90 Å². The molecule has 0 bridgehead atoms. The third-order valence-corrected chi connectivity index (χ3v) is 4.27. The first kappa shape index (κ1) is 14.2. The zero-order valence-corrected chi connectivity index (χ0v) is 13.1. The predicted molar refractivity (Wildman–Crippen MR) is 81.5 cm³/mol. The Kier molecular flexibility index (Phi) is 4.34. The van der Waals surface area contributed by atoms with Crippen LogP contribution in [0.5, 0.6) is 5.75 Å². The van der Waals surface area contributed by atoms with Crippen molar-refractivity contribution in [2.45, 2.75) is 32.4 Å². The summed E-state index contributed by atoms with van der Waals surface area (Å²) in [7, 11) is 1.67. The quantitative estimate of drug-likeness (QED) is 0.925. The lowest BCUT2D eigenvalue weighted by Crippen LogP contribution is -2.42. The molecule has 2 unspecified atom stereocenters. The van der Waals surface area contributed by atoms with Gasteiger partial charge in [0, 0.05) is 6.04 Å². The molecular formula is C14H20BrN3O. The standard InChI is InChI=1S/C14H20BrN3O/c1-4-9(2)18-12(8-17-14(18)16)10-5-6-13(19-3)11(15)7-10/h5-7,9,12H,4,8H2,1-3H3,(H2,16,17). The molecule has 2 atom stereocenters. The van der Waals surface area contributed by atoms with Crippen LogP contribution in [0, 0.1) is 0 Å². The fourth-order valence-electron chi connectivity index (χ4n) is 2.39. The smallest absolute Gasteiger partial charge is 0.192 e. The number of aliphatic imine (C=N–C) groups is 1. The maximum atomic E-state index is 6.02. The minimum Gasteiger partial charge on any atom is -0.496 e. The minimum atomic E-state index is 0.220. The van der Waals surface area contributed by atoms with Gasteiger partial charge in [-0.25, -0.2) is 0 Å². The molecule has 4 nitrogen and oxygen atoms in total. The van der Waals surface area contributed by atoms with Crippen molar-refractivity contribution in [3.63, 3.8) is 0 Å². The summed E-state index contributed by atoms with van der Waals surface area (Å²) in [6.45, 7) is 5.06. The van der Waals surface area contributed by atoms with Crippen LogP contribution >= 0.6 is 15.9 Å². The van der Waals surface area contributed by atoms with Crippen LogP contribution in [-0.4, -0.2) is 30.6 Å². The van der Waals surface area contributed by atoms with Gasteiger partial charge in [0.05, 0.1) is 24.2 Å². The Labute approximate surface area is 122 Å². The van der Waals surface area contributed by atoms with Crippen LogP contribution in [0.15, 0.2) is 27.7 Å². The van der Waals surface area contributed by atoms with Crippen LogP contribution in [0.2, 0.25) is 0 Å². The Balaban J connectivity index is 2.29. The van der Waals surface area contributed by atoms with Crippen LogP contribution in [0.4, 0.5) is 0 Å². The highest BCUT2D eigenvalue weighted by molar-refractivity contribution is 9.10. The number of ether oxygens (including phenoxy) is 1. The number of methoxy groups -OCH3 is 1. The lowest BCUT2D eigenvalue weighted by atomic mass is 10.0. The normalized spacial score (nSPS) is 20.3. The number of halogens is 1. The molecule has 5 heteroatoms. The van der Waals surface area contributed by atoms with Gasteiger partial charge in [-0.1, -0.05) is 13.0 Å². The lowest BCUT2D eigenvalue weighted by molar-refractivity contribution is 0.268. The van der Waals surface area contributed by atoms with Gasteiger partial charge in [-0.2, -0.15) is 0 Å². The Morgan fingerprint density at radius 1 is 1.58 bits per heavy atom. The molecule has 1 aliphatic rings. The highest BCUT2D eigenvalue weighted by atomic mass is 79.9. The monoisotopic (exact) mass is 325 g/mol. The van der Waals surface area contributed by atoms with Crippen molar-refractivity contribution in [3.05, 3.63) is 28.2 Å². The molecule has 1 aliphatic heterocycles. The Morgan fingerprint density at radius 3 is 2.89 bits per heavy atom. The summed E-state index contributed by atoms with van der Waals surface area (Å²) in [5.74, 6) is 1.48. The van der Waals surface area contributed by atoms with E-state index in [-0.39, 0.29) is 6.04 Å². The van der Waals surface area contributed by atoms with Crippen LogP contribution in [-0.2, 0) is 0 Å². The van der Waals surface area contributed by atoms with E-state index < -0.39 is 0 Å². The topological polar surface area (TPSA) is 50.8 Å². The third-order valence-electron chi connectivity index (χ3n) is 3.65. The summed E-state index contributed by atoms with van der Waals surface area (Å²) < 4.78 is 6.23. The maximum Gasteiger partial charge on any atom is 0.192 e. The first-order valence-corrected chi connectivity index (χ1v) is 7.29. The molecule has 0 aliphatic carbocycles. The number of rotatable bonds is 4. The van der Waals surface area contributed by atoms with Crippen molar-refractivity contribution in [2.24, 2.45) is 10.7 Å². The first-order chi connectivity index (χ1) is 9.08. The summed E-state index contributed by atoms with van der Waals surface area (Å²) in [6.07, 6.45) is 1.05. The second kappa shape index (κ2) is 5.82. The fraction of sp³-hybridized carbons (Fsp3) is 0.500. The average Bonchev–Trinajstić information content (AvgIpc) is 2.79. The number of hydrogen-bond acceptors (Lipinski definition) is 4. The lowest BCUT2D eigenvalue weighted by Gasteiger charge is -2.32. The van der Waals surface area contributed by atoms with E-state index in [2.05, 4.69) is 51.8 Å². The average molecular weight is 326 g/mol. The zero-order valence-electron chi connectivity index (χ0n) is 11.6. The second-order valence-corrected chi connectivity index (χ2v) is 5.63. The van der Waals surface area contributed by atoms with Gasteiger partial charge in [-0.15, -0.1) is 0 Å². The number of benzene rings is 1. The van der Waals surface area contributed by atoms with Gasteiger partial charge < -0.3 is 15.4 Å². The number of guanidine groups is 1. The molecule has 19 heavy (non-hydrogen) atoms. The van der Waals surface area contributed by atoms with Crippen LogP contribution in [0.1, 0.15) is 31.9 Å². The zero-order chi connectivity index (χ0) is 14.0. The predicted octanol–water partition coefficient (Wildman–Crippen LogP) is 2.93. The van der Waals surface area contributed by atoms with Crippen molar-refractivity contribution in [3.8, 4) is 5.75 Å². The molecule has 0 saturated heterocycles. The summed E-state index contributed by atoms with van der Waals surface area (Å²) >= 11 is 3.53. The van der Waals surface area contributed by atoms with Crippen LogP contribution in [0.25, 0.3) is 0 Å². The van der Waals surface area contributed by atoms with E-state index in [0.717, 1.165) is 23.2 Å². The maximum absolute atomic E-state index is 6.02. The summed E-state index contributed by atoms with van der Waals surface area (Å²) in [6, 6.07) is 6.75. The van der Waals surface area contributed by atoms with Gasteiger partial charge in [-0.3, -0.25) is 4.99 Å². The van der Waals surface area contributed by atoms with Gasteiger partial charge in [0.15, 0.2) is 5.96 Å². The van der Waals surface area contributed by atoms with Gasteiger partial charge >= 0.3 is 0 Å². The number of nitrogens with zero attached hydrogens (tertiary/aromatic N) is 2. The van der Waals surface area contributed by atoms with E-state index in [4.69, 9.17) is 10.5 Å². The van der Waals surface area contributed by atoms with Gasteiger partial charge in [0.1, 0.15) is 5.75 Å². The number of hydrogen-bond donors (Lipinski definition) is 1.